The molecule has 2 aromatic carbocycles. The first-order chi connectivity index (χ1) is 13.5. The highest BCUT2D eigenvalue weighted by Crippen LogP contribution is 2.33. The van der Waals surface area contributed by atoms with Gasteiger partial charge in [-0.2, -0.15) is 0 Å². The highest BCUT2D eigenvalue weighted by atomic mass is 16.5. The third-order valence-corrected chi connectivity index (χ3v) is 4.79. The Labute approximate surface area is 166 Å². The van der Waals surface area contributed by atoms with Crippen molar-refractivity contribution >= 4 is 23.6 Å². The number of fused-ring (bicyclic) bond motifs is 1. The van der Waals surface area contributed by atoms with Crippen molar-refractivity contribution in [3.63, 3.8) is 0 Å². The van der Waals surface area contributed by atoms with E-state index in [0.29, 0.717) is 6.61 Å². The Kier molecular flexibility index (Phi) is 6.14. The number of amides is 2. The molecular weight excluding hydrogens is 352 g/mol. The molecule has 5 heteroatoms. The first kappa shape index (κ1) is 19.7. The number of rotatable bonds is 6. The van der Waals surface area contributed by atoms with Crippen LogP contribution in [-0.4, -0.2) is 23.3 Å². The summed E-state index contributed by atoms with van der Waals surface area (Å²) in [5.41, 5.74) is 3.71. The minimum Gasteiger partial charge on any atom is -0.494 e. The maximum Gasteiger partial charge on any atom is 0.226 e. The van der Waals surface area contributed by atoms with Crippen molar-refractivity contribution in [2.24, 2.45) is 0 Å². The van der Waals surface area contributed by atoms with Crippen LogP contribution in [0.5, 0.6) is 5.75 Å². The van der Waals surface area contributed by atoms with Crippen LogP contribution in [0.3, 0.4) is 0 Å². The molecule has 0 radical (unpaired) electrons. The largest absolute Gasteiger partial charge is 0.494 e. The zero-order valence-corrected chi connectivity index (χ0v) is 16.6. The van der Waals surface area contributed by atoms with Crippen LogP contribution in [-0.2, 0) is 9.59 Å². The number of carbonyl (C=O) groups is 2. The Morgan fingerprint density at radius 3 is 2.68 bits per heavy atom. The quantitative estimate of drug-likeness (QED) is 0.793. The number of hydrogen-bond donors (Lipinski definition) is 1. The zero-order chi connectivity index (χ0) is 20.1. The van der Waals surface area contributed by atoms with Crippen molar-refractivity contribution < 1.29 is 14.3 Å². The second-order valence-electron chi connectivity index (χ2n) is 6.96. The highest BCUT2D eigenvalue weighted by Gasteiger charge is 2.28. The minimum atomic E-state index is -0.314. The number of anilines is 1. The van der Waals surface area contributed by atoms with Gasteiger partial charge in [-0.25, -0.2) is 0 Å². The zero-order valence-electron chi connectivity index (χ0n) is 16.6. The van der Waals surface area contributed by atoms with Crippen molar-refractivity contribution in [1.82, 2.24) is 4.90 Å². The van der Waals surface area contributed by atoms with Crippen LogP contribution in [0.15, 0.2) is 48.7 Å². The Hall–Kier alpha value is -3.08. The summed E-state index contributed by atoms with van der Waals surface area (Å²) >= 11 is 0. The number of aryl methyl sites for hydroxylation is 1. The van der Waals surface area contributed by atoms with Crippen LogP contribution in [0.4, 0.5) is 5.69 Å². The first-order valence-corrected chi connectivity index (χ1v) is 9.59. The van der Waals surface area contributed by atoms with Crippen LogP contribution in [0.2, 0.25) is 0 Å². The second-order valence-corrected chi connectivity index (χ2v) is 6.96. The van der Waals surface area contributed by atoms with E-state index in [1.54, 1.807) is 11.1 Å². The number of nitrogens with zero attached hydrogens (tertiary/aromatic N) is 1. The lowest BCUT2D eigenvalue weighted by molar-refractivity contribution is -0.129. The summed E-state index contributed by atoms with van der Waals surface area (Å²) in [5, 5.41) is 2.97. The number of hydrogen-bond acceptors (Lipinski definition) is 3. The molecule has 0 saturated carbocycles. The van der Waals surface area contributed by atoms with Crippen LogP contribution >= 0.6 is 0 Å². The van der Waals surface area contributed by atoms with Gasteiger partial charge in [0, 0.05) is 18.8 Å². The van der Waals surface area contributed by atoms with E-state index in [1.165, 1.54) is 6.92 Å². The van der Waals surface area contributed by atoms with Gasteiger partial charge >= 0.3 is 0 Å². The lowest BCUT2D eigenvalue weighted by atomic mass is 9.93. The van der Waals surface area contributed by atoms with E-state index in [0.717, 1.165) is 34.5 Å². The van der Waals surface area contributed by atoms with Gasteiger partial charge in [-0.15, -0.1) is 0 Å². The van der Waals surface area contributed by atoms with E-state index in [4.69, 9.17) is 4.74 Å². The Bertz CT molecular complexity index is 904. The molecule has 5 nitrogen and oxygen atoms in total. The lowest BCUT2D eigenvalue weighted by Crippen LogP contribution is -2.33. The highest BCUT2D eigenvalue weighted by molar-refractivity contribution is 5.92. The standard InChI is InChI=1S/C23H26N2O3/c1-4-13-28-19-9-10-21(16(2)14-19)24-23(27)15-22-20-8-6-5-7-18(20)11-12-25(22)17(3)26/h5-12,14,22H,4,13,15H2,1-3H3,(H,24,27). The predicted octanol–water partition coefficient (Wildman–Crippen LogP) is 4.69. The van der Waals surface area contributed by atoms with E-state index >= 15 is 0 Å². The van der Waals surface area contributed by atoms with E-state index in [9.17, 15) is 9.59 Å². The fourth-order valence-corrected chi connectivity index (χ4v) is 3.38. The average molecular weight is 378 g/mol. The third-order valence-electron chi connectivity index (χ3n) is 4.79. The average Bonchev–Trinajstić information content (AvgIpc) is 2.68. The maximum absolute atomic E-state index is 12.8. The van der Waals surface area contributed by atoms with Gasteiger partial charge in [0.1, 0.15) is 5.75 Å². The molecule has 0 aromatic heterocycles. The lowest BCUT2D eigenvalue weighted by Gasteiger charge is -2.32. The van der Waals surface area contributed by atoms with Gasteiger partial charge in [0.2, 0.25) is 11.8 Å². The summed E-state index contributed by atoms with van der Waals surface area (Å²) in [6, 6.07) is 13.2. The number of nitrogens with one attached hydrogen (secondary N) is 1. The normalized spacial score (nSPS) is 15.1. The summed E-state index contributed by atoms with van der Waals surface area (Å²) in [6.45, 7) is 6.18. The van der Waals surface area contributed by atoms with Gasteiger partial charge < -0.3 is 15.0 Å². The molecule has 2 aromatic rings. The summed E-state index contributed by atoms with van der Waals surface area (Å²) in [6.07, 6.45) is 4.80. The second kappa shape index (κ2) is 8.74. The van der Waals surface area contributed by atoms with Gasteiger partial charge in [-0.1, -0.05) is 31.2 Å². The van der Waals surface area contributed by atoms with Crippen LogP contribution < -0.4 is 10.1 Å². The molecule has 0 bridgehead atoms. The summed E-state index contributed by atoms with van der Waals surface area (Å²) in [7, 11) is 0. The number of benzene rings is 2. The van der Waals surface area contributed by atoms with Crippen molar-refractivity contribution in [1.29, 1.82) is 0 Å². The summed E-state index contributed by atoms with van der Waals surface area (Å²) in [5.74, 6) is 0.579. The van der Waals surface area contributed by atoms with Crippen molar-refractivity contribution in [2.75, 3.05) is 11.9 Å². The molecule has 1 N–H and O–H groups in total. The molecule has 28 heavy (non-hydrogen) atoms. The van der Waals surface area contributed by atoms with Crippen LogP contribution in [0.1, 0.15) is 49.4 Å². The van der Waals surface area contributed by atoms with Crippen molar-refractivity contribution in [3.8, 4) is 5.75 Å². The van der Waals surface area contributed by atoms with E-state index < -0.39 is 0 Å². The molecule has 0 aliphatic carbocycles. The molecular formula is C23H26N2O3. The Balaban J connectivity index is 1.74. The third kappa shape index (κ3) is 4.42. The number of carbonyl (C=O) groups excluding carboxylic acids is 2. The molecule has 0 fully saturated rings. The monoisotopic (exact) mass is 378 g/mol. The molecule has 1 atom stereocenters. The van der Waals surface area contributed by atoms with Gasteiger partial charge in [-0.3, -0.25) is 9.59 Å². The molecule has 0 spiro atoms. The molecule has 2 amide bonds. The predicted molar refractivity (Wildman–Crippen MR) is 111 cm³/mol. The van der Waals surface area contributed by atoms with Gasteiger partial charge in [0.05, 0.1) is 19.1 Å². The molecule has 146 valence electrons. The Morgan fingerprint density at radius 1 is 1.18 bits per heavy atom. The topological polar surface area (TPSA) is 58.6 Å². The van der Waals surface area contributed by atoms with Crippen molar-refractivity contribution in [3.05, 3.63) is 65.4 Å². The molecule has 1 aliphatic rings. The van der Waals surface area contributed by atoms with Crippen LogP contribution in [0, 0.1) is 6.92 Å². The maximum atomic E-state index is 12.8. The first-order valence-electron chi connectivity index (χ1n) is 9.59. The van der Waals surface area contributed by atoms with Gasteiger partial charge in [0.15, 0.2) is 0 Å². The summed E-state index contributed by atoms with van der Waals surface area (Å²) < 4.78 is 5.63. The van der Waals surface area contributed by atoms with E-state index in [1.807, 2.05) is 55.5 Å². The molecule has 1 unspecified atom stereocenters. The van der Waals surface area contributed by atoms with E-state index in [-0.39, 0.29) is 24.3 Å². The SMILES string of the molecule is CCCOc1ccc(NC(=O)CC2c3ccccc3C=CN2C(C)=O)c(C)c1. The fraction of sp³-hybridized carbons (Fsp3) is 0.304. The number of ether oxygens (including phenoxy) is 1. The molecule has 3 rings (SSSR count). The molecule has 1 heterocycles. The summed E-state index contributed by atoms with van der Waals surface area (Å²) in [4.78, 5) is 26.5. The molecule has 1 aliphatic heterocycles. The smallest absolute Gasteiger partial charge is 0.226 e. The van der Waals surface area contributed by atoms with Gasteiger partial charge in [0.25, 0.3) is 0 Å². The fourth-order valence-electron chi connectivity index (χ4n) is 3.38. The minimum absolute atomic E-state index is 0.0860. The van der Waals surface area contributed by atoms with Gasteiger partial charge in [-0.05, 0) is 54.3 Å². The van der Waals surface area contributed by atoms with E-state index in [2.05, 4.69) is 12.2 Å². The molecule has 0 saturated heterocycles. The Morgan fingerprint density at radius 2 is 1.96 bits per heavy atom. The van der Waals surface area contributed by atoms with Crippen LogP contribution in [0.25, 0.3) is 6.08 Å². The van der Waals surface area contributed by atoms with Crippen molar-refractivity contribution in [2.45, 2.75) is 39.7 Å².